The second kappa shape index (κ2) is 4.24. The van der Waals surface area contributed by atoms with Crippen molar-refractivity contribution < 1.29 is 14.6 Å². The number of aryl methyl sites for hydroxylation is 2. The minimum atomic E-state index is -0.954. The van der Waals surface area contributed by atoms with Gasteiger partial charge in [0.1, 0.15) is 5.41 Å². The molecule has 0 aliphatic carbocycles. The van der Waals surface area contributed by atoms with Crippen molar-refractivity contribution in [3.63, 3.8) is 0 Å². The number of hydrogen-bond acceptors (Lipinski definition) is 3. The number of rotatable bonds is 2. The Morgan fingerprint density at radius 3 is 2.50 bits per heavy atom. The minimum absolute atomic E-state index is 0.0582. The van der Waals surface area contributed by atoms with Crippen molar-refractivity contribution in [2.75, 3.05) is 13.2 Å². The van der Waals surface area contributed by atoms with E-state index in [-0.39, 0.29) is 18.1 Å². The van der Waals surface area contributed by atoms with Gasteiger partial charge in [-0.25, -0.2) is 0 Å². The third-order valence-corrected chi connectivity index (χ3v) is 3.68. The lowest BCUT2D eigenvalue weighted by Crippen LogP contribution is -2.38. The fourth-order valence-corrected chi connectivity index (χ4v) is 2.59. The number of carboxylic acid groups (broad SMARTS) is 1. The van der Waals surface area contributed by atoms with Gasteiger partial charge in [0.25, 0.3) is 0 Å². The molecule has 1 N–H and O–H groups in total. The maximum Gasteiger partial charge on any atom is 0.313 e. The van der Waals surface area contributed by atoms with Crippen molar-refractivity contribution in [3.8, 4) is 0 Å². The molecule has 0 radical (unpaired) electrons. The summed E-state index contributed by atoms with van der Waals surface area (Å²) in [6.07, 6.45) is 0. The van der Waals surface area contributed by atoms with E-state index in [1.54, 1.807) is 6.92 Å². The topological polar surface area (TPSA) is 68.5 Å². The number of carboxylic acids is 1. The zero-order valence-corrected chi connectivity index (χ0v) is 10.8. The SMILES string of the molecule is Cc1cc(=O)cc(C)n1C1COCC1(C)C(=O)O. The van der Waals surface area contributed by atoms with Crippen LogP contribution < -0.4 is 5.43 Å². The fraction of sp³-hybridized carbons (Fsp3) is 0.538. The van der Waals surface area contributed by atoms with Crippen LogP contribution in [0.5, 0.6) is 0 Å². The highest BCUT2D eigenvalue weighted by molar-refractivity contribution is 5.75. The van der Waals surface area contributed by atoms with Crippen LogP contribution >= 0.6 is 0 Å². The van der Waals surface area contributed by atoms with Crippen LogP contribution in [0.25, 0.3) is 0 Å². The average Bonchev–Trinajstić information content (AvgIpc) is 2.61. The van der Waals surface area contributed by atoms with Gasteiger partial charge in [-0.1, -0.05) is 0 Å². The molecule has 2 unspecified atom stereocenters. The van der Waals surface area contributed by atoms with E-state index in [1.165, 1.54) is 12.1 Å². The molecule has 0 spiro atoms. The first kappa shape index (κ1) is 12.8. The molecule has 5 nitrogen and oxygen atoms in total. The molecule has 18 heavy (non-hydrogen) atoms. The number of pyridine rings is 1. The lowest BCUT2D eigenvalue weighted by atomic mass is 9.84. The van der Waals surface area contributed by atoms with E-state index in [9.17, 15) is 14.7 Å². The summed E-state index contributed by atoms with van der Waals surface area (Å²) in [6.45, 7) is 5.86. The first-order chi connectivity index (χ1) is 8.36. The van der Waals surface area contributed by atoms with E-state index >= 15 is 0 Å². The Bertz CT molecular complexity index is 522. The molecule has 5 heteroatoms. The van der Waals surface area contributed by atoms with Crippen LogP contribution in [0, 0.1) is 19.3 Å². The molecule has 2 atom stereocenters. The van der Waals surface area contributed by atoms with Crippen molar-refractivity contribution in [2.24, 2.45) is 5.41 Å². The van der Waals surface area contributed by atoms with Gasteiger partial charge in [-0.05, 0) is 20.8 Å². The summed E-state index contributed by atoms with van der Waals surface area (Å²) in [5.74, 6) is -0.873. The Morgan fingerprint density at radius 2 is 2.00 bits per heavy atom. The number of aromatic nitrogens is 1. The largest absolute Gasteiger partial charge is 0.481 e. The third kappa shape index (κ3) is 1.84. The van der Waals surface area contributed by atoms with Crippen LogP contribution in [0.1, 0.15) is 24.4 Å². The maximum atomic E-state index is 11.4. The van der Waals surface area contributed by atoms with Crippen LogP contribution in [-0.2, 0) is 9.53 Å². The van der Waals surface area contributed by atoms with E-state index in [0.717, 1.165) is 11.4 Å². The van der Waals surface area contributed by atoms with Crippen molar-refractivity contribution in [1.82, 2.24) is 4.57 Å². The maximum absolute atomic E-state index is 11.4. The summed E-state index contributed by atoms with van der Waals surface area (Å²) in [5.41, 5.74) is 0.521. The molecule has 1 fully saturated rings. The van der Waals surface area contributed by atoms with Crippen molar-refractivity contribution in [2.45, 2.75) is 26.8 Å². The molecular weight excluding hydrogens is 234 g/mol. The minimum Gasteiger partial charge on any atom is -0.481 e. The Kier molecular flexibility index (Phi) is 3.02. The first-order valence-corrected chi connectivity index (χ1v) is 5.87. The quantitative estimate of drug-likeness (QED) is 0.855. The Balaban J connectivity index is 2.56. The van der Waals surface area contributed by atoms with Gasteiger partial charge in [0.05, 0.1) is 19.3 Å². The molecule has 2 heterocycles. The van der Waals surface area contributed by atoms with Gasteiger partial charge in [-0.3, -0.25) is 9.59 Å². The number of hydrogen-bond donors (Lipinski definition) is 1. The van der Waals surface area contributed by atoms with E-state index in [0.29, 0.717) is 6.61 Å². The highest BCUT2D eigenvalue weighted by Gasteiger charge is 2.48. The molecule has 0 saturated carbocycles. The molecule has 1 aliphatic heterocycles. The fourth-order valence-electron chi connectivity index (χ4n) is 2.59. The zero-order valence-electron chi connectivity index (χ0n) is 10.8. The van der Waals surface area contributed by atoms with Crippen LogP contribution in [-0.4, -0.2) is 28.9 Å². The molecule has 98 valence electrons. The summed E-state index contributed by atoms with van der Waals surface area (Å²) in [5, 5.41) is 9.39. The second-order valence-corrected chi connectivity index (χ2v) is 5.10. The van der Waals surface area contributed by atoms with Crippen molar-refractivity contribution in [1.29, 1.82) is 0 Å². The molecule has 2 rings (SSSR count). The van der Waals surface area contributed by atoms with Gasteiger partial charge in [-0.2, -0.15) is 0 Å². The normalized spacial score (nSPS) is 27.4. The Hall–Kier alpha value is -1.62. The zero-order chi connectivity index (χ0) is 13.5. The molecule has 1 aromatic heterocycles. The van der Waals surface area contributed by atoms with Gasteiger partial charge in [0.15, 0.2) is 5.43 Å². The summed E-state index contributed by atoms with van der Waals surface area (Å²) in [4.78, 5) is 22.9. The lowest BCUT2D eigenvalue weighted by Gasteiger charge is -2.30. The standard InChI is InChI=1S/C13H17NO4/c1-8-4-10(15)5-9(2)14(8)11-6-18-7-13(11,3)12(16)17/h4-5,11H,6-7H2,1-3H3,(H,16,17). The van der Waals surface area contributed by atoms with Crippen LogP contribution in [0.2, 0.25) is 0 Å². The van der Waals surface area contributed by atoms with Gasteiger partial charge in [0, 0.05) is 23.5 Å². The Morgan fingerprint density at radius 1 is 1.44 bits per heavy atom. The predicted octanol–water partition coefficient (Wildman–Crippen LogP) is 1.13. The molecule has 0 bridgehead atoms. The average molecular weight is 251 g/mol. The van der Waals surface area contributed by atoms with E-state index in [2.05, 4.69) is 0 Å². The smallest absolute Gasteiger partial charge is 0.313 e. The van der Waals surface area contributed by atoms with Crippen LogP contribution in [0.3, 0.4) is 0 Å². The van der Waals surface area contributed by atoms with Gasteiger partial charge >= 0.3 is 5.97 Å². The highest BCUT2D eigenvalue weighted by atomic mass is 16.5. The number of carbonyl (C=O) groups is 1. The summed E-state index contributed by atoms with van der Waals surface area (Å²) < 4.78 is 7.24. The van der Waals surface area contributed by atoms with Crippen molar-refractivity contribution in [3.05, 3.63) is 33.7 Å². The molecule has 1 aliphatic rings. The van der Waals surface area contributed by atoms with Gasteiger partial charge in [0.2, 0.25) is 0 Å². The van der Waals surface area contributed by atoms with Gasteiger partial charge in [-0.15, -0.1) is 0 Å². The van der Waals surface area contributed by atoms with E-state index in [4.69, 9.17) is 4.74 Å². The molecule has 0 aromatic carbocycles. The second-order valence-electron chi connectivity index (χ2n) is 5.10. The van der Waals surface area contributed by atoms with E-state index in [1.807, 2.05) is 18.4 Å². The van der Waals surface area contributed by atoms with Crippen LogP contribution in [0.4, 0.5) is 0 Å². The third-order valence-electron chi connectivity index (χ3n) is 3.68. The van der Waals surface area contributed by atoms with Crippen LogP contribution in [0.15, 0.2) is 16.9 Å². The van der Waals surface area contributed by atoms with Crippen molar-refractivity contribution >= 4 is 5.97 Å². The molecular formula is C13H17NO4. The number of nitrogens with zero attached hydrogens (tertiary/aromatic N) is 1. The predicted molar refractivity (Wildman–Crippen MR) is 65.8 cm³/mol. The number of aliphatic carboxylic acids is 1. The van der Waals surface area contributed by atoms with Gasteiger partial charge < -0.3 is 14.4 Å². The van der Waals surface area contributed by atoms with E-state index < -0.39 is 11.4 Å². The number of ether oxygens (including phenoxy) is 1. The Labute approximate surface area is 105 Å². The molecule has 1 saturated heterocycles. The summed E-state index contributed by atoms with van der Waals surface area (Å²) in [7, 11) is 0. The molecule has 0 amide bonds. The summed E-state index contributed by atoms with van der Waals surface area (Å²) in [6, 6.07) is 2.76. The summed E-state index contributed by atoms with van der Waals surface area (Å²) >= 11 is 0. The first-order valence-electron chi connectivity index (χ1n) is 5.87. The highest BCUT2D eigenvalue weighted by Crippen LogP contribution is 2.39. The lowest BCUT2D eigenvalue weighted by molar-refractivity contribution is -0.149. The monoisotopic (exact) mass is 251 g/mol. The molecule has 1 aromatic rings.